The molecule has 0 bridgehead atoms. The number of aromatic carboxylic acids is 1. The van der Waals surface area contributed by atoms with Crippen molar-refractivity contribution in [1.82, 2.24) is 9.78 Å². The van der Waals surface area contributed by atoms with Gasteiger partial charge in [-0.2, -0.15) is 9.78 Å². The molecule has 0 unspecified atom stereocenters. The summed E-state index contributed by atoms with van der Waals surface area (Å²) in [6.07, 6.45) is 0. The molecule has 0 spiro atoms. The molecule has 21 heavy (non-hydrogen) atoms. The molecule has 0 saturated carbocycles. The van der Waals surface area contributed by atoms with Crippen molar-refractivity contribution in [3.8, 4) is 5.69 Å². The topological polar surface area (TPSA) is 89.3 Å². The lowest BCUT2D eigenvalue weighted by Crippen LogP contribution is -2.29. The Morgan fingerprint density at radius 3 is 2.52 bits per heavy atom. The molecule has 0 amide bonds. The molecule has 2 rings (SSSR count). The van der Waals surface area contributed by atoms with Crippen molar-refractivity contribution in [3.05, 3.63) is 56.7 Å². The van der Waals surface area contributed by atoms with Crippen LogP contribution in [-0.2, 0) is 0 Å². The highest BCUT2D eigenvalue weighted by Crippen LogP contribution is 2.17. The van der Waals surface area contributed by atoms with Gasteiger partial charge < -0.3 is 5.11 Å². The molecule has 1 heterocycles. The number of halogens is 2. The van der Waals surface area contributed by atoms with Gasteiger partial charge >= 0.3 is 5.97 Å². The van der Waals surface area contributed by atoms with Crippen LogP contribution in [0.15, 0.2) is 29.1 Å². The second kappa shape index (κ2) is 5.45. The highest BCUT2D eigenvalue weighted by Gasteiger charge is 2.17. The van der Waals surface area contributed by atoms with Gasteiger partial charge in [0.15, 0.2) is 5.78 Å². The Hall–Kier alpha value is -2.54. The summed E-state index contributed by atoms with van der Waals surface area (Å²) in [6, 6.07) is 4.22. The van der Waals surface area contributed by atoms with Crippen molar-refractivity contribution < 1.29 is 19.1 Å². The van der Waals surface area contributed by atoms with E-state index in [1.165, 1.54) is 13.0 Å². The molecule has 1 aromatic heterocycles. The van der Waals surface area contributed by atoms with E-state index in [9.17, 15) is 18.8 Å². The zero-order chi connectivity index (χ0) is 15.7. The monoisotopic (exact) mass is 310 g/mol. The molecule has 6 nitrogen and oxygen atoms in total. The second-order valence-electron chi connectivity index (χ2n) is 4.12. The number of nitrogens with zero attached hydrogens (tertiary/aromatic N) is 2. The van der Waals surface area contributed by atoms with Crippen LogP contribution < -0.4 is 5.56 Å². The molecule has 0 aliphatic rings. The number of carbonyl (C=O) groups excluding carboxylic acids is 1. The molecule has 0 saturated heterocycles. The molecule has 1 aromatic carbocycles. The lowest BCUT2D eigenvalue weighted by molar-refractivity contribution is 0.0694. The van der Waals surface area contributed by atoms with Gasteiger partial charge in [-0.1, -0.05) is 11.6 Å². The van der Waals surface area contributed by atoms with E-state index in [2.05, 4.69) is 5.10 Å². The summed E-state index contributed by atoms with van der Waals surface area (Å²) in [4.78, 5) is 34.5. The third-order valence-electron chi connectivity index (χ3n) is 2.65. The summed E-state index contributed by atoms with van der Waals surface area (Å²) in [6.45, 7) is 1.18. The molecule has 0 atom stereocenters. The maximum absolute atomic E-state index is 13.1. The van der Waals surface area contributed by atoms with Crippen LogP contribution in [0.3, 0.4) is 0 Å². The Balaban J connectivity index is 2.78. The predicted molar refractivity (Wildman–Crippen MR) is 71.8 cm³/mol. The van der Waals surface area contributed by atoms with Crippen LogP contribution in [0.4, 0.5) is 4.39 Å². The van der Waals surface area contributed by atoms with Gasteiger partial charge in [0.05, 0.1) is 10.7 Å². The number of benzene rings is 1. The number of carboxylic acids is 1. The van der Waals surface area contributed by atoms with Crippen molar-refractivity contribution in [2.45, 2.75) is 6.92 Å². The number of hydrogen-bond acceptors (Lipinski definition) is 4. The first-order valence-electron chi connectivity index (χ1n) is 5.65. The third-order valence-corrected chi connectivity index (χ3v) is 2.94. The number of carbonyl (C=O) groups is 2. The Bertz CT molecular complexity index is 816. The fourth-order valence-corrected chi connectivity index (χ4v) is 1.79. The van der Waals surface area contributed by atoms with Gasteiger partial charge in [-0.25, -0.2) is 9.18 Å². The number of rotatable bonds is 3. The van der Waals surface area contributed by atoms with E-state index in [0.717, 1.165) is 18.2 Å². The molecule has 0 fully saturated rings. The second-order valence-corrected chi connectivity index (χ2v) is 4.53. The van der Waals surface area contributed by atoms with Gasteiger partial charge in [0.25, 0.3) is 5.56 Å². The lowest BCUT2D eigenvalue weighted by Gasteiger charge is -2.08. The molecule has 0 aliphatic heterocycles. The summed E-state index contributed by atoms with van der Waals surface area (Å²) >= 11 is 5.62. The molecule has 1 N–H and O–H groups in total. The maximum atomic E-state index is 13.1. The molecular formula is C13H8ClFN2O4. The van der Waals surface area contributed by atoms with Crippen LogP contribution in [0, 0.1) is 5.82 Å². The minimum Gasteiger partial charge on any atom is -0.477 e. The Morgan fingerprint density at radius 1 is 1.33 bits per heavy atom. The van der Waals surface area contributed by atoms with Gasteiger partial charge in [-0.05, 0) is 24.3 Å². The minimum absolute atomic E-state index is 0.0528. The fraction of sp³-hybridized carbons (Fsp3) is 0.0769. The molecule has 0 radical (unpaired) electrons. The normalized spacial score (nSPS) is 10.4. The van der Waals surface area contributed by atoms with Crippen LogP contribution in [0.2, 0.25) is 5.02 Å². The van der Waals surface area contributed by atoms with E-state index < -0.39 is 28.7 Å². The summed E-state index contributed by atoms with van der Waals surface area (Å²) in [7, 11) is 0. The molecule has 2 aromatic rings. The predicted octanol–water partition coefficient (Wildman–Crippen LogP) is 1.93. The van der Waals surface area contributed by atoms with E-state index >= 15 is 0 Å². The number of aromatic nitrogens is 2. The zero-order valence-corrected chi connectivity index (χ0v) is 11.4. The van der Waals surface area contributed by atoms with E-state index in [-0.39, 0.29) is 16.4 Å². The van der Waals surface area contributed by atoms with E-state index in [4.69, 9.17) is 16.7 Å². The third kappa shape index (κ3) is 2.82. The first-order valence-corrected chi connectivity index (χ1v) is 6.03. The van der Waals surface area contributed by atoms with Crippen LogP contribution in [0.5, 0.6) is 0 Å². The summed E-state index contributed by atoms with van der Waals surface area (Å²) < 4.78 is 13.8. The van der Waals surface area contributed by atoms with Crippen LogP contribution in [-0.4, -0.2) is 26.6 Å². The van der Waals surface area contributed by atoms with Crippen LogP contribution >= 0.6 is 11.6 Å². The first-order chi connectivity index (χ1) is 9.81. The standard InChI is InChI=1S/C13H8ClFN2O4/c1-6(18)11-5-8(13(20)21)12(19)17(16-11)7-2-3-10(15)9(14)4-7/h2-5H,1H3,(H,20,21). The molecule has 108 valence electrons. The van der Waals surface area contributed by atoms with Gasteiger partial charge in [-0.3, -0.25) is 9.59 Å². The minimum atomic E-state index is -1.49. The van der Waals surface area contributed by atoms with Crippen molar-refractivity contribution in [2.24, 2.45) is 0 Å². The Kier molecular flexibility index (Phi) is 3.86. The summed E-state index contributed by atoms with van der Waals surface area (Å²) in [5, 5.41) is 12.5. The Labute approximate surface area is 122 Å². The number of carboxylic acid groups (broad SMARTS) is 1. The smallest absolute Gasteiger partial charge is 0.341 e. The van der Waals surface area contributed by atoms with Gasteiger partial charge in [0.1, 0.15) is 17.1 Å². The molecule has 8 heteroatoms. The van der Waals surface area contributed by atoms with Gasteiger partial charge in [-0.15, -0.1) is 0 Å². The van der Waals surface area contributed by atoms with E-state index in [1.54, 1.807) is 0 Å². The highest BCUT2D eigenvalue weighted by atomic mass is 35.5. The average molecular weight is 311 g/mol. The van der Waals surface area contributed by atoms with Gasteiger partial charge in [0, 0.05) is 6.92 Å². The van der Waals surface area contributed by atoms with Crippen LogP contribution in [0.25, 0.3) is 5.69 Å². The SMILES string of the molecule is CC(=O)c1cc(C(=O)O)c(=O)n(-c2ccc(F)c(Cl)c2)n1. The lowest BCUT2D eigenvalue weighted by atomic mass is 10.2. The molecular weight excluding hydrogens is 303 g/mol. The van der Waals surface area contributed by atoms with Crippen molar-refractivity contribution in [1.29, 1.82) is 0 Å². The molecule has 0 aliphatic carbocycles. The highest BCUT2D eigenvalue weighted by molar-refractivity contribution is 6.30. The number of Topliss-reactive ketones (excluding diaryl/α,β-unsaturated/α-hetero) is 1. The maximum Gasteiger partial charge on any atom is 0.341 e. The van der Waals surface area contributed by atoms with Gasteiger partial charge in [0.2, 0.25) is 0 Å². The van der Waals surface area contributed by atoms with E-state index in [0.29, 0.717) is 4.68 Å². The van der Waals surface area contributed by atoms with Crippen LogP contribution in [0.1, 0.15) is 27.8 Å². The zero-order valence-electron chi connectivity index (χ0n) is 10.6. The van der Waals surface area contributed by atoms with Crippen molar-refractivity contribution in [2.75, 3.05) is 0 Å². The quantitative estimate of drug-likeness (QED) is 0.875. The summed E-state index contributed by atoms with van der Waals surface area (Å²) in [5.41, 5.74) is -1.71. The van der Waals surface area contributed by atoms with Crippen molar-refractivity contribution >= 4 is 23.4 Å². The Morgan fingerprint density at radius 2 is 2.00 bits per heavy atom. The van der Waals surface area contributed by atoms with Crippen molar-refractivity contribution in [3.63, 3.8) is 0 Å². The fourth-order valence-electron chi connectivity index (χ4n) is 1.61. The average Bonchev–Trinajstić information content (AvgIpc) is 2.41. The summed E-state index contributed by atoms with van der Waals surface area (Å²) in [5.74, 6) is -2.71. The first kappa shape index (κ1) is 14.9. The number of hydrogen-bond donors (Lipinski definition) is 1. The number of ketones is 1. The van der Waals surface area contributed by atoms with E-state index in [1.807, 2.05) is 0 Å². The largest absolute Gasteiger partial charge is 0.477 e.